The van der Waals surface area contributed by atoms with Crippen molar-refractivity contribution in [1.82, 2.24) is 0 Å². The maximum Gasteiger partial charge on any atom is 0.237 e. The van der Waals surface area contributed by atoms with Gasteiger partial charge in [0.05, 0.1) is 10.4 Å². The number of halogens is 4. The van der Waals surface area contributed by atoms with E-state index in [1.165, 1.54) is 12.2 Å². The first-order valence-electron chi connectivity index (χ1n) is 3.59. The molecule has 6 heteroatoms. The second-order valence-corrected chi connectivity index (χ2v) is 5.82. The van der Waals surface area contributed by atoms with E-state index in [0.717, 1.165) is 0 Å². The molecule has 0 aromatic rings. The average molecular weight is 276 g/mol. The lowest BCUT2D eigenvalue weighted by molar-refractivity contribution is -0.114. The molecule has 0 fully saturated rings. The Morgan fingerprint density at radius 3 is 2.21 bits per heavy atom. The molecule has 0 saturated carbocycles. The molecule has 14 heavy (non-hydrogen) atoms. The number of allylic oxidation sites excluding steroid dienone is 3. The van der Waals surface area contributed by atoms with Gasteiger partial charge in [-0.2, -0.15) is 0 Å². The lowest BCUT2D eigenvalue weighted by atomic mass is 9.87. The second-order valence-electron chi connectivity index (χ2n) is 3.13. The summed E-state index contributed by atoms with van der Waals surface area (Å²) in [7, 11) is 0. The van der Waals surface area contributed by atoms with Gasteiger partial charge < -0.3 is 5.11 Å². The minimum Gasteiger partial charge on any atom is -0.504 e. The van der Waals surface area contributed by atoms with Gasteiger partial charge in [-0.05, 0) is 19.1 Å². The molecule has 1 N–H and O–H groups in total. The molecule has 0 radical (unpaired) electrons. The van der Waals surface area contributed by atoms with Crippen LogP contribution in [0.2, 0.25) is 0 Å². The summed E-state index contributed by atoms with van der Waals surface area (Å²) in [4.78, 5) is 11.1. The third-order valence-corrected chi connectivity index (χ3v) is 3.43. The molecule has 2 nitrogen and oxygen atoms in total. The van der Waals surface area contributed by atoms with Gasteiger partial charge in [0.1, 0.15) is 0 Å². The summed E-state index contributed by atoms with van der Waals surface area (Å²) in [5.41, 5.74) is -1.09. The van der Waals surface area contributed by atoms with Gasteiger partial charge in [0.2, 0.25) is 9.58 Å². The molecule has 1 aliphatic carbocycles. The van der Waals surface area contributed by atoms with Crippen molar-refractivity contribution in [2.45, 2.75) is 10.7 Å². The van der Waals surface area contributed by atoms with E-state index in [9.17, 15) is 9.90 Å². The van der Waals surface area contributed by atoms with Crippen molar-refractivity contribution in [1.29, 1.82) is 0 Å². The van der Waals surface area contributed by atoms with Crippen LogP contribution < -0.4 is 0 Å². The Balaban J connectivity index is 3.23. The number of alkyl halides is 3. The van der Waals surface area contributed by atoms with Crippen LogP contribution in [-0.4, -0.2) is 14.7 Å². The molecule has 0 amide bonds. The number of aliphatic hydroxyl groups excluding tert-OH is 1. The van der Waals surface area contributed by atoms with Crippen molar-refractivity contribution in [2.75, 3.05) is 0 Å². The third-order valence-electron chi connectivity index (χ3n) is 1.92. The topological polar surface area (TPSA) is 37.3 Å². The van der Waals surface area contributed by atoms with Gasteiger partial charge in [0.25, 0.3) is 0 Å². The van der Waals surface area contributed by atoms with Crippen LogP contribution >= 0.6 is 46.4 Å². The lowest BCUT2D eigenvalue weighted by Crippen LogP contribution is -2.32. The molecular formula is C8H6Cl4O2. The number of carbonyl (C=O) groups excluding carboxylic acids is 1. The van der Waals surface area contributed by atoms with E-state index in [-0.39, 0.29) is 5.03 Å². The summed E-state index contributed by atoms with van der Waals surface area (Å²) < 4.78 is -1.68. The molecule has 0 heterocycles. The first-order valence-corrected chi connectivity index (χ1v) is 5.10. The zero-order valence-corrected chi connectivity index (χ0v) is 10.0. The smallest absolute Gasteiger partial charge is 0.237 e. The second kappa shape index (κ2) is 3.60. The Morgan fingerprint density at radius 1 is 1.36 bits per heavy atom. The van der Waals surface area contributed by atoms with Gasteiger partial charge in [-0.15, -0.1) is 0 Å². The fourth-order valence-corrected chi connectivity index (χ4v) is 1.66. The van der Waals surface area contributed by atoms with Crippen LogP contribution in [0.3, 0.4) is 0 Å². The van der Waals surface area contributed by atoms with Crippen LogP contribution in [0, 0.1) is 5.41 Å². The van der Waals surface area contributed by atoms with E-state index in [2.05, 4.69) is 0 Å². The number of hydrogen-bond acceptors (Lipinski definition) is 2. The Morgan fingerprint density at radius 2 is 1.86 bits per heavy atom. The van der Waals surface area contributed by atoms with Crippen molar-refractivity contribution in [2.24, 2.45) is 5.41 Å². The van der Waals surface area contributed by atoms with Crippen molar-refractivity contribution >= 4 is 52.2 Å². The summed E-state index contributed by atoms with van der Waals surface area (Å²) in [6.07, 6.45) is 2.48. The van der Waals surface area contributed by atoms with Gasteiger partial charge in [0, 0.05) is 0 Å². The number of Topliss-reactive ketones (excluding diaryl/α,β-unsaturated/α-hetero) is 1. The highest BCUT2D eigenvalue weighted by molar-refractivity contribution is 6.68. The first kappa shape index (κ1) is 12.2. The number of carbonyl (C=O) groups is 1. The minimum absolute atomic E-state index is 0.154. The van der Waals surface area contributed by atoms with Crippen molar-refractivity contribution in [3.8, 4) is 0 Å². The van der Waals surface area contributed by atoms with E-state index in [0.29, 0.717) is 0 Å². The SMILES string of the molecule is C[C@]1(C(Cl)(Cl)Cl)C=C(O)C(=O)C(Cl)=C1. The number of aliphatic hydroxyl groups is 1. The van der Waals surface area contributed by atoms with Gasteiger partial charge >= 0.3 is 0 Å². The third kappa shape index (κ3) is 2.03. The van der Waals surface area contributed by atoms with Gasteiger partial charge in [-0.3, -0.25) is 4.79 Å². The van der Waals surface area contributed by atoms with Crippen LogP contribution in [-0.2, 0) is 4.79 Å². The van der Waals surface area contributed by atoms with Crippen molar-refractivity contribution in [3.63, 3.8) is 0 Å². The van der Waals surface area contributed by atoms with E-state index in [1.54, 1.807) is 6.92 Å². The molecule has 78 valence electrons. The maximum atomic E-state index is 11.1. The summed E-state index contributed by atoms with van der Waals surface area (Å²) in [5, 5.41) is 9.10. The zero-order chi connectivity index (χ0) is 11.1. The quantitative estimate of drug-likeness (QED) is 0.687. The number of ketones is 1. The molecule has 1 rings (SSSR count). The maximum absolute atomic E-state index is 11.1. The number of rotatable bonds is 0. The Hall–Kier alpha value is 0.110. The molecule has 0 unspecified atom stereocenters. The van der Waals surface area contributed by atoms with E-state index in [4.69, 9.17) is 46.4 Å². The highest BCUT2D eigenvalue weighted by atomic mass is 35.6. The van der Waals surface area contributed by atoms with Crippen LogP contribution in [0.1, 0.15) is 6.92 Å². The summed E-state index contributed by atoms with van der Waals surface area (Å²) >= 11 is 22.7. The van der Waals surface area contributed by atoms with Gasteiger partial charge in [-0.1, -0.05) is 46.4 Å². The molecule has 1 atom stereocenters. The molecule has 0 bridgehead atoms. The summed E-state index contributed by atoms with van der Waals surface area (Å²) in [5.74, 6) is -1.18. The molecule has 0 saturated heterocycles. The summed E-state index contributed by atoms with van der Waals surface area (Å²) in [6.45, 7) is 1.55. The van der Waals surface area contributed by atoms with Crippen LogP contribution in [0.4, 0.5) is 0 Å². The highest BCUT2D eigenvalue weighted by Crippen LogP contribution is 2.49. The van der Waals surface area contributed by atoms with E-state index >= 15 is 0 Å². The average Bonchev–Trinajstić information content (AvgIpc) is 1.98. The fourth-order valence-electron chi connectivity index (χ4n) is 1.01. The molecule has 0 spiro atoms. The normalized spacial score (nSPS) is 28.5. The standard InChI is InChI=1S/C8H6Cl4O2/c1-7(8(10,11)12)2-4(9)6(14)5(13)3-7/h2-3,13H,1H3/t7-/m1/s1. The molecule has 1 aliphatic rings. The van der Waals surface area contributed by atoms with Crippen LogP contribution in [0.25, 0.3) is 0 Å². The molecular weight excluding hydrogens is 270 g/mol. The van der Waals surface area contributed by atoms with Crippen LogP contribution in [0.15, 0.2) is 22.9 Å². The van der Waals surface area contributed by atoms with E-state index < -0.39 is 20.7 Å². The largest absolute Gasteiger partial charge is 0.504 e. The number of hydrogen-bond donors (Lipinski definition) is 1. The van der Waals surface area contributed by atoms with Crippen molar-refractivity contribution in [3.05, 3.63) is 22.9 Å². The molecule has 0 aliphatic heterocycles. The van der Waals surface area contributed by atoms with Crippen molar-refractivity contribution < 1.29 is 9.90 Å². The zero-order valence-electron chi connectivity index (χ0n) is 7.02. The van der Waals surface area contributed by atoms with Gasteiger partial charge in [-0.25, -0.2) is 0 Å². The van der Waals surface area contributed by atoms with Crippen LogP contribution in [0.5, 0.6) is 0 Å². The molecule has 0 aromatic heterocycles. The Labute approximate surface area is 101 Å². The fraction of sp³-hybridized carbons (Fsp3) is 0.375. The highest BCUT2D eigenvalue weighted by Gasteiger charge is 2.45. The molecule has 0 aromatic carbocycles. The van der Waals surface area contributed by atoms with E-state index in [1.807, 2.05) is 0 Å². The Kier molecular flexibility index (Phi) is 3.13. The predicted octanol–water partition coefficient (Wildman–Crippen LogP) is 3.51. The van der Waals surface area contributed by atoms with Gasteiger partial charge in [0.15, 0.2) is 5.76 Å². The first-order chi connectivity index (χ1) is 6.17. The minimum atomic E-state index is -1.68. The summed E-state index contributed by atoms with van der Waals surface area (Å²) in [6, 6.07) is 0. The monoisotopic (exact) mass is 274 g/mol. The predicted molar refractivity (Wildman–Crippen MR) is 58.1 cm³/mol. The lowest BCUT2D eigenvalue weighted by Gasteiger charge is -2.32. The Bertz CT molecular complexity index is 316.